The predicted octanol–water partition coefficient (Wildman–Crippen LogP) is 4.85. The predicted molar refractivity (Wildman–Crippen MR) is 97.5 cm³/mol. The highest BCUT2D eigenvalue weighted by Crippen LogP contribution is 2.28. The molecule has 1 N–H and O–H groups in total. The molecule has 2 aromatic heterocycles. The highest BCUT2D eigenvalue weighted by molar-refractivity contribution is 5.81. The number of nitrogens with zero attached hydrogens (tertiary/aromatic N) is 3. The molecule has 0 saturated heterocycles. The van der Waals surface area contributed by atoms with Crippen molar-refractivity contribution in [1.29, 1.82) is 0 Å². The highest BCUT2D eigenvalue weighted by Gasteiger charge is 2.19. The van der Waals surface area contributed by atoms with Crippen LogP contribution in [0.3, 0.4) is 0 Å². The van der Waals surface area contributed by atoms with E-state index in [-0.39, 0.29) is 0 Å². The molecule has 0 atom stereocenters. The molecule has 0 bridgehead atoms. The molecule has 4 nitrogen and oxygen atoms in total. The third-order valence-electron chi connectivity index (χ3n) is 4.22. The number of rotatable bonds is 3. The van der Waals surface area contributed by atoms with Gasteiger partial charge in [0.2, 0.25) is 0 Å². The summed E-state index contributed by atoms with van der Waals surface area (Å²) in [5.41, 5.74) is 6.27. The molecule has 24 heavy (non-hydrogen) atoms. The molecule has 0 fully saturated rings. The number of aryl methyl sites for hydroxylation is 1. The molecule has 0 aliphatic carbocycles. The van der Waals surface area contributed by atoms with E-state index in [9.17, 15) is 0 Å². The molecule has 4 aromatic rings. The van der Waals surface area contributed by atoms with Crippen LogP contribution in [-0.2, 0) is 0 Å². The van der Waals surface area contributed by atoms with Crippen LogP contribution in [0, 0.1) is 6.92 Å². The Balaban J connectivity index is 1.94. The summed E-state index contributed by atoms with van der Waals surface area (Å²) in [4.78, 5) is 8.29. The monoisotopic (exact) mass is 316 g/mol. The molecular formula is C20H20N4. The van der Waals surface area contributed by atoms with Crippen molar-refractivity contribution in [2.24, 2.45) is 0 Å². The SMILES string of the molecule is Cc1ccc(-n2nc(C(C)C)c3nc(-c4ccccc4)[nH]c32)cc1. The number of aromatic nitrogens is 4. The first kappa shape index (κ1) is 14.7. The zero-order chi connectivity index (χ0) is 16.7. The normalized spacial score (nSPS) is 11.5. The standard InChI is InChI=1S/C20H20N4/c1-13(2)17-18-20(22-19(21-18)15-7-5-4-6-8-15)24(23-17)16-11-9-14(3)10-12-16/h4-13H,1-3H3,(H,21,22). The maximum absolute atomic E-state index is 4.83. The van der Waals surface area contributed by atoms with Crippen molar-refractivity contribution in [3.63, 3.8) is 0 Å². The number of nitrogens with one attached hydrogen (secondary N) is 1. The van der Waals surface area contributed by atoms with Crippen molar-refractivity contribution in [2.45, 2.75) is 26.7 Å². The summed E-state index contributed by atoms with van der Waals surface area (Å²) in [6.45, 7) is 6.39. The van der Waals surface area contributed by atoms with E-state index < -0.39 is 0 Å². The minimum absolute atomic E-state index is 0.311. The maximum atomic E-state index is 4.83. The van der Waals surface area contributed by atoms with Gasteiger partial charge < -0.3 is 4.98 Å². The molecule has 0 amide bonds. The fourth-order valence-electron chi connectivity index (χ4n) is 2.90. The Bertz CT molecular complexity index is 976. The van der Waals surface area contributed by atoms with Crippen LogP contribution in [0.25, 0.3) is 28.2 Å². The number of H-pyrrole nitrogens is 1. The Labute approximate surface area is 141 Å². The third-order valence-corrected chi connectivity index (χ3v) is 4.22. The lowest BCUT2D eigenvalue weighted by Gasteiger charge is -2.04. The summed E-state index contributed by atoms with van der Waals surface area (Å²) in [5, 5.41) is 4.81. The summed E-state index contributed by atoms with van der Waals surface area (Å²) in [6.07, 6.45) is 0. The van der Waals surface area contributed by atoms with Gasteiger partial charge in [-0.15, -0.1) is 0 Å². The van der Waals surface area contributed by atoms with Crippen LogP contribution < -0.4 is 0 Å². The second-order valence-corrected chi connectivity index (χ2v) is 6.44. The van der Waals surface area contributed by atoms with Gasteiger partial charge in [-0.3, -0.25) is 0 Å². The lowest BCUT2D eigenvalue weighted by Crippen LogP contribution is -1.99. The lowest BCUT2D eigenvalue weighted by atomic mass is 10.1. The van der Waals surface area contributed by atoms with Crippen LogP contribution in [0.4, 0.5) is 0 Å². The number of hydrogen-bond donors (Lipinski definition) is 1. The van der Waals surface area contributed by atoms with Gasteiger partial charge in [0.1, 0.15) is 11.3 Å². The summed E-state index contributed by atoms with van der Waals surface area (Å²) < 4.78 is 1.96. The fourth-order valence-corrected chi connectivity index (χ4v) is 2.90. The number of hydrogen-bond acceptors (Lipinski definition) is 2. The summed E-state index contributed by atoms with van der Waals surface area (Å²) >= 11 is 0. The zero-order valence-electron chi connectivity index (χ0n) is 14.1. The van der Waals surface area contributed by atoms with Crippen molar-refractivity contribution in [1.82, 2.24) is 19.7 Å². The number of aromatic amines is 1. The molecule has 4 heteroatoms. The average molecular weight is 316 g/mol. The topological polar surface area (TPSA) is 46.5 Å². The second-order valence-electron chi connectivity index (χ2n) is 6.44. The van der Waals surface area contributed by atoms with Crippen LogP contribution in [0.1, 0.15) is 31.0 Å². The van der Waals surface area contributed by atoms with E-state index in [1.54, 1.807) is 0 Å². The Kier molecular flexibility index (Phi) is 3.45. The third kappa shape index (κ3) is 2.40. The average Bonchev–Trinajstić information content (AvgIpc) is 3.15. The van der Waals surface area contributed by atoms with Gasteiger partial charge >= 0.3 is 0 Å². The van der Waals surface area contributed by atoms with E-state index in [0.29, 0.717) is 5.92 Å². The van der Waals surface area contributed by atoms with Crippen molar-refractivity contribution >= 4 is 11.2 Å². The summed E-state index contributed by atoms with van der Waals surface area (Å²) in [6, 6.07) is 18.6. The summed E-state index contributed by atoms with van der Waals surface area (Å²) in [7, 11) is 0. The smallest absolute Gasteiger partial charge is 0.161 e. The van der Waals surface area contributed by atoms with Gasteiger partial charge in [-0.05, 0) is 25.0 Å². The lowest BCUT2D eigenvalue weighted by molar-refractivity contribution is 0.773. The Morgan fingerprint density at radius 2 is 1.67 bits per heavy atom. The zero-order valence-corrected chi connectivity index (χ0v) is 14.1. The molecule has 4 rings (SSSR count). The molecule has 0 aliphatic rings. The van der Waals surface area contributed by atoms with E-state index in [1.807, 2.05) is 22.9 Å². The van der Waals surface area contributed by atoms with Crippen molar-refractivity contribution in [3.05, 3.63) is 65.9 Å². The van der Waals surface area contributed by atoms with Gasteiger partial charge in [0.05, 0.1) is 11.4 Å². The van der Waals surface area contributed by atoms with Gasteiger partial charge in [0, 0.05) is 5.56 Å². The summed E-state index contributed by atoms with van der Waals surface area (Å²) in [5.74, 6) is 1.19. The minimum Gasteiger partial charge on any atom is -0.322 e. The quantitative estimate of drug-likeness (QED) is 0.587. The van der Waals surface area contributed by atoms with Crippen LogP contribution in [0.5, 0.6) is 0 Å². The molecular weight excluding hydrogens is 296 g/mol. The fraction of sp³-hybridized carbons (Fsp3) is 0.200. The molecule has 2 aromatic carbocycles. The Hall–Kier alpha value is -2.88. The molecule has 0 saturated carbocycles. The van der Waals surface area contributed by atoms with Gasteiger partial charge in [-0.2, -0.15) is 5.10 Å². The van der Waals surface area contributed by atoms with Crippen LogP contribution in [0.2, 0.25) is 0 Å². The van der Waals surface area contributed by atoms with Crippen LogP contribution >= 0.6 is 0 Å². The van der Waals surface area contributed by atoms with Gasteiger partial charge in [-0.1, -0.05) is 61.9 Å². The first-order valence-corrected chi connectivity index (χ1v) is 8.24. The molecule has 0 spiro atoms. The van der Waals surface area contributed by atoms with Crippen molar-refractivity contribution in [3.8, 4) is 17.1 Å². The largest absolute Gasteiger partial charge is 0.322 e. The molecule has 120 valence electrons. The van der Waals surface area contributed by atoms with E-state index in [0.717, 1.165) is 33.9 Å². The molecule has 2 heterocycles. The second kappa shape index (κ2) is 5.64. The molecule has 0 radical (unpaired) electrons. The van der Waals surface area contributed by atoms with Crippen LogP contribution in [-0.4, -0.2) is 19.7 Å². The number of benzene rings is 2. The van der Waals surface area contributed by atoms with E-state index in [1.165, 1.54) is 5.56 Å². The van der Waals surface area contributed by atoms with E-state index >= 15 is 0 Å². The number of fused-ring (bicyclic) bond motifs is 1. The highest BCUT2D eigenvalue weighted by atomic mass is 15.3. The Morgan fingerprint density at radius 3 is 2.33 bits per heavy atom. The molecule has 0 aliphatic heterocycles. The van der Waals surface area contributed by atoms with Gasteiger partial charge in [0.15, 0.2) is 5.65 Å². The van der Waals surface area contributed by atoms with Gasteiger partial charge in [-0.25, -0.2) is 9.67 Å². The first-order chi connectivity index (χ1) is 11.6. The van der Waals surface area contributed by atoms with Crippen molar-refractivity contribution in [2.75, 3.05) is 0 Å². The van der Waals surface area contributed by atoms with Gasteiger partial charge in [0.25, 0.3) is 0 Å². The number of imidazole rings is 1. The van der Waals surface area contributed by atoms with E-state index in [4.69, 9.17) is 10.1 Å². The maximum Gasteiger partial charge on any atom is 0.161 e. The van der Waals surface area contributed by atoms with Crippen LogP contribution in [0.15, 0.2) is 54.6 Å². The van der Waals surface area contributed by atoms with E-state index in [2.05, 4.69) is 62.2 Å². The molecule has 0 unspecified atom stereocenters. The van der Waals surface area contributed by atoms with Crippen molar-refractivity contribution < 1.29 is 0 Å². The minimum atomic E-state index is 0.311. The first-order valence-electron chi connectivity index (χ1n) is 8.24. The Morgan fingerprint density at radius 1 is 0.958 bits per heavy atom.